The molecular formula is C10H11NO2. The molecular weight excluding hydrogens is 166 g/mol. The number of rotatable bonds is 3. The van der Waals surface area contributed by atoms with Crippen molar-refractivity contribution in [2.45, 2.75) is 0 Å². The molecule has 0 fully saturated rings. The van der Waals surface area contributed by atoms with Crippen LogP contribution in [0.15, 0.2) is 35.1 Å². The molecule has 0 aromatic rings. The van der Waals surface area contributed by atoms with E-state index in [0.717, 1.165) is 5.57 Å². The molecule has 0 aromatic heterocycles. The first-order valence-corrected chi connectivity index (χ1v) is 3.90. The molecule has 0 bridgehead atoms. The van der Waals surface area contributed by atoms with Crippen molar-refractivity contribution in [3.05, 3.63) is 35.1 Å². The van der Waals surface area contributed by atoms with E-state index in [0.29, 0.717) is 23.7 Å². The molecule has 0 aromatic carbocycles. The minimum absolute atomic E-state index is 0.447. The van der Waals surface area contributed by atoms with Gasteiger partial charge in [-0.15, -0.1) is 0 Å². The number of allylic oxidation sites excluding steroid dienone is 5. The van der Waals surface area contributed by atoms with Gasteiger partial charge in [0.05, 0.1) is 0 Å². The quantitative estimate of drug-likeness (QED) is 0.595. The summed E-state index contributed by atoms with van der Waals surface area (Å²) in [5.74, 6) is 0. The number of carbonyl (C=O) groups is 2. The third kappa shape index (κ3) is 1.93. The van der Waals surface area contributed by atoms with E-state index in [1.807, 2.05) is 19.0 Å². The largest absolute Gasteiger partial charge is 0.383 e. The predicted octanol–water partition coefficient (Wildman–Crippen LogP) is 0.696. The lowest BCUT2D eigenvalue weighted by Gasteiger charge is -2.06. The van der Waals surface area contributed by atoms with Crippen LogP contribution in [-0.4, -0.2) is 31.6 Å². The van der Waals surface area contributed by atoms with Gasteiger partial charge in [0.2, 0.25) is 0 Å². The lowest BCUT2D eigenvalue weighted by molar-refractivity contribution is -0.106. The van der Waals surface area contributed by atoms with Crippen LogP contribution >= 0.6 is 0 Å². The highest BCUT2D eigenvalue weighted by Gasteiger charge is 2.12. The summed E-state index contributed by atoms with van der Waals surface area (Å²) < 4.78 is 0. The average Bonchev–Trinajstić information content (AvgIpc) is 2.45. The standard InChI is InChI=1S/C10H11NO2/c1-11(2)5-8-3-4-9(6-12)10(8)7-13/h3-7H,1-2H3. The smallest absolute Gasteiger partial charge is 0.151 e. The Kier molecular flexibility index (Phi) is 2.80. The van der Waals surface area contributed by atoms with E-state index >= 15 is 0 Å². The van der Waals surface area contributed by atoms with Crippen molar-refractivity contribution in [2.75, 3.05) is 14.1 Å². The van der Waals surface area contributed by atoms with Gasteiger partial charge in [-0.3, -0.25) is 9.59 Å². The predicted molar refractivity (Wildman–Crippen MR) is 50.1 cm³/mol. The highest BCUT2D eigenvalue weighted by Crippen LogP contribution is 2.21. The molecule has 0 saturated heterocycles. The molecule has 0 saturated carbocycles. The van der Waals surface area contributed by atoms with Gasteiger partial charge in [0.1, 0.15) is 0 Å². The fourth-order valence-corrected chi connectivity index (χ4v) is 1.16. The summed E-state index contributed by atoms with van der Waals surface area (Å²) in [4.78, 5) is 23.0. The molecule has 68 valence electrons. The minimum atomic E-state index is 0.447. The van der Waals surface area contributed by atoms with Crippen LogP contribution in [0.4, 0.5) is 0 Å². The van der Waals surface area contributed by atoms with Gasteiger partial charge in [-0.05, 0) is 0 Å². The number of aldehydes is 2. The van der Waals surface area contributed by atoms with Crippen molar-refractivity contribution in [3.63, 3.8) is 0 Å². The summed E-state index contributed by atoms with van der Waals surface area (Å²) in [7, 11) is 3.73. The van der Waals surface area contributed by atoms with E-state index in [-0.39, 0.29) is 0 Å². The first kappa shape index (κ1) is 9.45. The molecule has 0 spiro atoms. The van der Waals surface area contributed by atoms with Gasteiger partial charge in [-0.25, -0.2) is 0 Å². The zero-order valence-electron chi connectivity index (χ0n) is 7.65. The summed E-state index contributed by atoms with van der Waals surface area (Å²) in [6, 6.07) is 0. The Balaban J connectivity index is 3.06. The Labute approximate surface area is 77.0 Å². The number of nitrogens with zero attached hydrogens (tertiary/aromatic N) is 1. The van der Waals surface area contributed by atoms with Gasteiger partial charge < -0.3 is 4.90 Å². The second-order valence-corrected chi connectivity index (χ2v) is 2.99. The van der Waals surface area contributed by atoms with Crippen LogP contribution < -0.4 is 0 Å². The molecule has 0 unspecified atom stereocenters. The van der Waals surface area contributed by atoms with Gasteiger partial charge in [0.15, 0.2) is 12.6 Å². The van der Waals surface area contributed by atoms with Crippen molar-refractivity contribution in [3.8, 4) is 0 Å². The lowest BCUT2D eigenvalue weighted by Crippen LogP contribution is -2.03. The first-order chi connectivity index (χ1) is 6.19. The fourth-order valence-electron chi connectivity index (χ4n) is 1.16. The van der Waals surface area contributed by atoms with E-state index in [2.05, 4.69) is 0 Å². The van der Waals surface area contributed by atoms with E-state index < -0.39 is 0 Å². The van der Waals surface area contributed by atoms with Crippen LogP contribution in [-0.2, 0) is 9.59 Å². The molecule has 1 rings (SSSR count). The average molecular weight is 177 g/mol. The molecule has 0 amide bonds. The monoisotopic (exact) mass is 177 g/mol. The van der Waals surface area contributed by atoms with Gasteiger partial charge in [0.25, 0.3) is 0 Å². The Morgan fingerprint density at radius 2 is 1.85 bits per heavy atom. The van der Waals surface area contributed by atoms with Crippen LogP contribution in [0.3, 0.4) is 0 Å². The fraction of sp³-hybridized carbons (Fsp3) is 0.200. The van der Waals surface area contributed by atoms with Crippen LogP contribution in [0.25, 0.3) is 0 Å². The summed E-state index contributed by atoms with van der Waals surface area (Å²) in [5, 5.41) is 0. The maximum absolute atomic E-state index is 10.7. The minimum Gasteiger partial charge on any atom is -0.383 e. The normalized spacial score (nSPS) is 18.2. The van der Waals surface area contributed by atoms with Crippen molar-refractivity contribution in [1.82, 2.24) is 4.90 Å². The van der Waals surface area contributed by atoms with Crippen molar-refractivity contribution in [1.29, 1.82) is 0 Å². The van der Waals surface area contributed by atoms with Crippen LogP contribution in [0.2, 0.25) is 0 Å². The van der Waals surface area contributed by atoms with E-state index in [1.54, 1.807) is 18.4 Å². The first-order valence-electron chi connectivity index (χ1n) is 3.90. The van der Waals surface area contributed by atoms with Crippen LogP contribution in [0, 0.1) is 0 Å². The van der Waals surface area contributed by atoms with Gasteiger partial charge in [0, 0.05) is 37.0 Å². The SMILES string of the molecule is CN(C)C=C1C=CC(C=O)=C1C=O. The van der Waals surface area contributed by atoms with Gasteiger partial charge in [-0.1, -0.05) is 12.2 Å². The molecule has 0 heterocycles. The highest BCUT2D eigenvalue weighted by atomic mass is 16.1. The summed E-state index contributed by atoms with van der Waals surface area (Å²) in [6.45, 7) is 0. The van der Waals surface area contributed by atoms with Gasteiger partial charge in [-0.2, -0.15) is 0 Å². The molecule has 1 aliphatic rings. The van der Waals surface area contributed by atoms with Gasteiger partial charge >= 0.3 is 0 Å². The second-order valence-electron chi connectivity index (χ2n) is 2.99. The Bertz CT molecular complexity index is 322. The number of carbonyl (C=O) groups excluding carboxylic acids is 2. The molecule has 3 nitrogen and oxygen atoms in total. The molecule has 13 heavy (non-hydrogen) atoms. The van der Waals surface area contributed by atoms with Crippen LogP contribution in [0.1, 0.15) is 0 Å². The Morgan fingerprint density at radius 3 is 2.31 bits per heavy atom. The maximum Gasteiger partial charge on any atom is 0.151 e. The molecule has 1 aliphatic carbocycles. The zero-order chi connectivity index (χ0) is 9.84. The summed E-state index contributed by atoms with van der Waals surface area (Å²) >= 11 is 0. The summed E-state index contributed by atoms with van der Waals surface area (Å²) in [6.07, 6.45) is 6.60. The number of hydrogen-bond donors (Lipinski definition) is 0. The highest BCUT2D eigenvalue weighted by molar-refractivity contribution is 5.96. The number of hydrogen-bond acceptors (Lipinski definition) is 3. The summed E-state index contributed by atoms with van der Waals surface area (Å²) in [5.41, 5.74) is 1.69. The van der Waals surface area contributed by atoms with E-state index in [4.69, 9.17) is 0 Å². The van der Waals surface area contributed by atoms with E-state index in [1.165, 1.54) is 0 Å². The molecule has 0 atom stereocenters. The third-order valence-corrected chi connectivity index (χ3v) is 1.71. The molecule has 0 radical (unpaired) electrons. The molecule has 0 aliphatic heterocycles. The molecule has 0 N–H and O–H groups in total. The third-order valence-electron chi connectivity index (χ3n) is 1.71. The topological polar surface area (TPSA) is 37.4 Å². The zero-order valence-corrected chi connectivity index (χ0v) is 7.65. The van der Waals surface area contributed by atoms with Crippen molar-refractivity contribution in [2.24, 2.45) is 0 Å². The Hall–Kier alpha value is -1.64. The molecule has 3 heteroatoms. The maximum atomic E-state index is 10.7. The lowest BCUT2D eigenvalue weighted by atomic mass is 10.1. The van der Waals surface area contributed by atoms with Crippen LogP contribution in [0.5, 0.6) is 0 Å². The van der Waals surface area contributed by atoms with E-state index in [9.17, 15) is 9.59 Å². The van der Waals surface area contributed by atoms with Crippen molar-refractivity contribution < 1.29 is 9.59 Å². The van der Waals surface area contributed by atoms with Crippen molar-refractivity contribution >= 4 is 12.6 Å². The Morgan fingerprint density at radius 1 is 1.15 bits per heavy atom. The second kappa shape index (κ2) is 3.85.